The molecule has 20 heavy (non-hydrogen) atoms. The molecule has 1 radical (unpaired) electrons. The van der Waals surface area contributed by atoms with Crippen LogP contribution in [0.2, 0.25) is 0 Å². The van der Waals surface area contributed by atoms with E-state index in [2.05, 4.69) is 25.1 Å². The summed E-state index contributed by atoms with van der Waals surface area (Å²) < 4.78 is 0. The summed E-state index contributed by atoms with van der Waals surface area (Å²) >= 11 is 0. The Balaban J connectivity index is 1.72. The van der Waals surface area contributed by atoms with Gasteiger partial charge in [0.1, 0.15) is 5.84 Å². The predicted molar refractivity (Wildman–Crippen MR) is 85.1 cm³/mol. The van der Waals surface area contributed by atoms with Gasteiger partial charge in [0.15, 0.2) is 0 Å². The predicted octanol–water partition coefficient (Wildman–Crippen LogP) is 5.42. The van der Waals surface area contributed by atoms with Crippen LogP contribution in [0.4, 0.5) is 11.4 Å². The Morgan fingerprint density at radius 1 is 0.900 bits per heavy atom. The van der Waals surface area contributed by atoms with Gasteiger partial charge in [0.25, 0.3) is 0 Å². The first-order chi connectivity index (χ1) is 9.84. The van der Waals surface area contributed by atoms with E-state index < -0.39 is 0 Å². The molecule has 1 heterocycles. The molecule has 2 heteroatoms. The number of aryl methyl sites for hydroxylation is 1. The molecule has 0 saturated heterocycles. The SMILES string of the molecule is Cc1cccc2c1N=C(C1CCCCCCCCC1)[N]2. The molecule has 1 fully saturated rings. The van der Waals surface area contributed by atoms with E-state index in [1.807, 2.05) is 0 Å². The van der Waals surface area contributed by atoms with Crippen LogP contribution in [0, 0.1) is 12.8 Å². The molecule has 0 N–H and O–H groups in total. The highest BCUT2D eigenvalue weighted by Crippen LogP contribution is 2.36. The minimum atomic E-state index is 0.583. The van der Waals surface area contributed by atoms with Gasteiger partial charge in [-0.1, -0.05) is 57.1 Å². The molecule has 0 aromatic heterocycles. The van der Waals surface area contributed by atoms with E-state index in [4.69, 9.17) is 10.3 Å². The van der Waals surface area contributed by atoms with E-state index in [0.717, 1.165) is 17.2 Å². The van der Waals surface area contributed by atoms with Crippen molar-refractivity contribution in [1.82, 2.24) is 5.32 Å². The van der Waals surface area contributed by atoms with Crippen molar-refractivity contribution in [1.29, 1.82) is 0 Å². The third-order valence-electron chi connectivity index (χ3n) is 4.65. The fraction of sp³-hybridized carbons (Fsp3) is 0.611. The summed E-state index contributed by atoms with van der Waals surface area (Å²) in [7, 11) is 0. The molecule has 0 unspecified atom stereocenters. The van der Waals surface area contributed by atoms with Crippen molar-refractivity contribution in [3.05, 3.63) is 23.8 Å². The number of benzene rings is 1. The standard InChI is InChI=1S/C18H25N2/c1-14-10-9-13-16-17(14)20-18(19-16)15-11-7-5-3-2-4-6-8-12-15/h9-10,13,15H,2-8,11-12H2,1H3. The second-order valence-electron chi connectivity index (χ2n) is 6.27. The second kappa shape index (κ2) is 6.43. The van der Waals surface area contributed by atoms with Gasteiger partial charge in [-0.15, -0.1) is 0 Å². The molecule has 3 rings (SSSR count). The van der Waals surface area contributed by atoms with Gasteiger partial charge in [0, 0.05) is 5.92 Å². The monoisotopic (exact) mass is 269 g/mol. The van der Waals surface area contributed by atoms with Crippen molar-refractivity contribution >= 4 is 17.2 Å². The number of hydrogen-bond donors (Lipinski definition) is 0. The van der Waals surface area contributed by atoms with Crippen molar-refractivity contribution in [3.8, 4) is 0 Å². The first kappa shape index (κ1) is 13.7. The van der Waals surface area contributed by atoms with E-state index in [1.165, 1.54) is 63.4 Å². The van der Waals surface area contributed by atoms with Crippen LogP contribution >= 0.6 is 0 Å². The molecule has 0 amide bonds. The maximum Gasteiger partial charge on any atom is 0.132 e. The molecule has 1 aliphatic heterocycles. The highest BCUT2D eigenvalue weighted by atomic mass is 15.1. The number of hydrogen-bond acceptors (Lipinski definition) is 1. The largest absolute Gasteiger partial charge is 0.231 e. The zero-order valence-electron chi connectivity index (χ0n) is 12.6. The fourth-order valence-electron chi connectivity index (χ4n) is 3.39. The lowest BCUT2D eigenvalue weighted by Crippen LogP contribution is -2.20. The molecule has 1 aliphatic carbocycles. The van der Waals surface area contributed by atoms with Crippen molar-refractivity contribution < 1.29 is 0 Å². The molecule has 1 saturated carbocycles. The maximum atomic E-state index is 4.85. The van der Waals surface area contributed by atoms with Gasteiger partial charge in [0.05, 0.1) is 11.4 Å². The first-order valence-corrected chi connectivity index (χ1v) is 8.24. The van der Waals surface area contributed by atoms with E-state index in [-0.39, 0.29) is 0 Å². The molecular weight excluding hydrogens is 244 g/mol. The van der Waals surface area contributed by atoms with Gasteiger partial charge in [-0.25, -0.2) is 10.3 Å². The summed E-state index contributed by atoms with van der Waals surface area (Å²) in [5.74, 6) is 1.69. The van der Waals surface area contributed by atoms with E-state index in [0.29, 0.717) is 5.92 Å². The Hall–Kier alpha value is -1.31. The molecule has 2 aliphatic rings. The van der Waals surface area contributed by atoms with Crippen molar-refractivity contribution in [3.63, 3.8) is 0 Å². The molecule has 1 aromatic rings. The van der Waals surface area contributed by atoms with Crippen LogP contribution in [0.5, 0.6) is 0 Å². The zero-order chi connectivity index (χ0) is 13.8. The Bertz CT molecular complexity index is 480. The Morgan fingerprint density at radius 3 is 2.20 bits per heavy atom. The third-order valence-corrected chi connectivity index (χ3v) is 4.65. The minimum absolute atomic E-state index is 0.583. The third kappa shape index (κ3) is 3.05. The molecule has 2 nitrogen and oxygen atoms in total. The number of nitrogens with zero attached hydrogens (tertiary/aromatic N) is 2. The number of aliphatic imine (C=N–C) groups is 1. The van der Waals surface area contributed by atoms with Crippen LogP contribution in [0.1, 0.15) is 63.4 Å². The number of amidine groups is 1. The summed E-state index contributed by atoms with van der Waals surface area (Å²) in [4.78, 5) is 4.85. The van der Waals surface area contributed by atoms with Crippen molar-refractivity contribution in [2.24, 2.45) is 10.9 Å². The lowest BCUT2D eigenvalue weighted by Gasteiger charge is -2.17. The van der Waals surface area contributed by atoms with Gasteiger partial charge in [0.2, 0.25) is 0 Å². The number of rotatable bonds is 1. The first-order valence-electron chi connectivity index (χ1n) is 8.24. The van der Waals surface area contributed by atoms with E-state index in [1.54, 1.807) is 0 Å². The highest BCUT2D eigenvalue weighted by molar-refractivity contribution is 5.98. The highest BCUT2D eigenvalue weighted by Gasteiger charge is 2.24. The topological polar surface area (TPSA) is 26.5 Å². The van der Waals surface area contributed by atoms with E-state index >= 15 is 0 Å². The van der Waals surface area contributed by atoms with Crippen LogP contribution in [0.25, 0.3) is 0 Å². The number of para-hydroxylation sites is 1. The summed E-state index contributed by atoms with van der Waals surface area (Å²) in [5.41, 5.74) is 3.44. The van der Waals surface area contributed by atoms with Gasteiger partial charge < -0.3 is 0 Å². The quantitative estimate of drug-likeness (QED) is 0.651. The Kier molecular flexibility index (Phi) is 4.39. The van der Waals surface area contributed by atoms with Crippen molar-refractivity contribution in [2.75, 3.05) is 0 Å². The summed E-state index contributed by atoms with van der Waals surface area (Å²) in [6.45, 7) is 2.13. The molecule has 0 atom stereocenters. The van der Waals surface area contributed by atoms with Gasteiger partial charge >= 0.3 is 0 Å². The maximum absolute atomic E-state index is 4.85. The van der Waals surface area contributed by atoms with Crippen LogP contribution in [0.3, 0.4) is 0 Å². The van der Waals surface area contributed by atoms with Crippen LogP contribution in [-0.2, 0) is 0 Å². The van der Waals surface area contributed by atoms with Crippen LogP contribution in [0.15, 0.2) is 23.2 Å². The lowest BCUT2D eigenvalue weighted by atomic mass is 9.91. The van der Waals surface area contributed by atoms with Gasteiger partial charge in [-0.05, 0) is 31.4 Å². The average molecular weight is 269 g/mol. The second-order valence-corrected chi connectivity index (χ2v) is 6.27. The van der Waals surface area contributed by atoms with Crippen LogP contribution < -0.4 is 5.32 Å². The smallest absolute Gasteiger partial charge is 0.132 e. The molecule has 0 spiro atoms. The molecular formula is C18H25N2. The summed E-state index contributed by atoms with van der Waals surface area (Å²) in [5, 5.41) is 4.81. The molecule has 0 bridgehead atoms. The van der Waals surface area contributed by atoms with E-state index in [9.17, 15) is 0 Å². The zero-order valence-corrected chi connectivity index (χ0v) is 12.6. The van der Waals surface area contributed by atoms with Crippen molar-refractivity contribution in [2.45, 2.75) is 64.7 Å². The average Bonchev–Trinajstić information content (AvgIpc) is 2.90. The molecule has 107 valence electrons. The lowest BCUT2D eigenvalue weighted by molar-refractivity contribution is 0.456. The van der Waals surface area contributed by atoms with Crippen LogP contribution in [-0.4, -0.2) is 5.84 Å². The van der Waals surface area contributed by atoms with Gasteiger partial charge in [-0.3, -0.25) is 0 Å². The number of fused-ring (bicyclic) bond motifs is 1. The Labute approximate surface area is 122 Å². The minimum Gasteiger partial charge on any atom is -0.231 e. The summed E-state index contributed by atoms with van der Waals surface area (Å²) in [6, 6.07) is 6.32. The molecule has 1 aromatic carbocycles. The fourth-order valence-corrected chi connectivity index (χ4v) is 3.39. The normalized spacial score (nSPS) is 20.9. The Morgan fingerprint density at radius 2 is 1.55 bits per heavy atom. The summed E-state index contributed by atoms with van der Waals surface area (Å²) in [6.07, 6.45) is 12.3. The van der Waals surface area contributed by atoms with Gasteiger partial charge in [-0.2, -0.15) is 0 Å².